The number of rotatable bonds is 2. The van der Waals surface area contributed by atoms with Crippen molar-refractivity contribution in [3.8, 4) is 11.5 Å². The number of amides is 1. The Hall–Kier alpha value is -3.09. The van der Waals surface area contributed by atoms with Crippen molar-refractivity contribution >= 4 is 22.8 Å². The number of anilines is 1. The molecule has 0 aliphatic carbocycles. The van der Waals surface area contributed by atoms with E-state index in [9.17, 15) is 4.79 Å². The Bertz CT molecular complexity index is 843. The number of carbonyl (C=O) groups excluding carboxylic acids is 1. The second kappa shape index (κ2) is 4.48. The molecule has 3 aromatic rings. The SMILES string of the molecule is O=C(Nc1[nH]nc2ncccc12)c1ccc2c(c1)OCO2. The standard InChI is InChI=1S/C14H10N4O3/c19-14(8-3-4-10-11(6-8)21-7-20-10)16-13-9-2-1-5-15-12(9)17-18-13/h1-6H,7H2,(H2,15,16,17,18,19). The minimum absolute atomic E-state index is 0.178. The lowest BCUT2D eigenvalue weighted by molar-refractivity contribution is 0.102. The Morgan fingerprint density at radius 2 is 2.14 bits per heavy atom. The Morgan fingerprint density at radius 3 is 3.10 bits per heavy atom. The van der Waals surface area contributed by atoms with Crippen LogP contribution in [0.1, 0.15) is 10.4 Å². The van der Waals surface area contributed by atoms with Crippen molar-refractivity contribution < 1.29 is 14.3 Å². The maximum Gasteiger partial charge on any atom is 0.256 e. The summed E-state index contributed by atoms with van der Waals surface area (Å²) in [4.78, 5) is 16.4. The molecule has 1 aliphatic rings. The van der Waals surface area contributed by atoms with Crippen LogP contribution in [0.2, 0.25) is 0 Å². The smallest absolute Gasteiger partial charge is 0.256 e. The largest absolute Gasteiger partial charge is 0.454 e. The van der Waals surface area contributed by atoms with Gasteiger partial charge in [0.05, 0.1) is 5.39 Å². The topological polar surface area (TPSA) is 89.1 Å². The number of hydrogen-bond acceptors (Lipinski definition) is 5. The fourth-order valence-corrected chi connectivity index (χ4v) is 2.17. The fraction of sp³-hybridized carbons (Fsp3) is 0.0714. The first-order valence-corrected chi connectivity index (χ1v) is 6.31. The van der Waals surface area contributed by atoms with E-state index >= 15 is 0 Å². The van der Waals surface area contributed by atoms with E-state index in [4.69, 9.17) is 9.47 Å². The minimum Gasteiger partial charge on any atom is -0.454 e. The number of carbonyl (C=O) groups is 1. The molecular formula is C14H10N4O3. The van der Waals surface area contributed by atoms with E-state index in [1.807, 2.05) is 6.07 Å². The molecule has 0 bridgehead atoms. The van der Waals surface area contributed by atoms with Crippen molar-refractivity contribution in [2.75, 3.05) is 12.1 Å². The third-order valence-corrected chi connectivity index (χ3v) is 3.20. The van der Waals surface area contributed by atoms with E-state index < -0.39 is 0 Å². The van der Waals surface area contributed by atoms with Crippen molar-refractivity contribution in [3.05, 3.63) is 42.1 Å². The lowest BCUT2D eigenvalue weighted by atomic mass is 10.2. The van der Waals surface area contributed by atoms with Crippen LogP contribution in [0, 0.1) is 0 Å². The van der Waals surface area contributed by atoms with Crippen molar-refractivity contribution in [1.29, 1.82) is 0 Å². The molecule has 0 atom stereocenters. The van der Waals surface area contributed by atoms with Gasteiger partial charge in [0.25, 0.3) is 5.91 Å². The molecule has 3 heterocycles. The van der Waals surface area contributed by atoms with Gasteiger partial charge >= 0.3 is 0 Å². The molecular weight excluding hydrogens is 272 g/mol. The first-order valence-electron chi connectivity index (χ1n) is 6.31. The summed E-state index contributed by atoms with van der Waals surface area (Å²) >= 11 is 0. The van der Waals surface area contributed by atoms with E-state index in [1.165, 1.54) is 0 Å². The van der Waals surface area contributed by atoms with E-state index in [2.05, 4.69) is 20.5 Å². The van der Waals surface area contributed by atoms with Crippen molar-refractivity contribution in [2.45, 2.75) is 0 Å². The predicted octanol–water partition coefficient (Wildman–Crippen LogP) is 1.94. The van der Waals surface area contributed by atoms with Gasteiger partial charge in [0.1, 0.15) is 5.82 Å². The molecule has 2 aromatic heterocycles. The molecule has 21 heavy (non-hydrogen) atoms. The molecule has 7 heteroatoms. The van der Waals surface area contributed by atoms with Crippen LogP contribution in [0.4, 0.5) is 5.82 Å². The second-order valence-electron chi connectivity index (χ2n) is 4.50. The highest BCUT2D eigenvalue weighted by atomic mass is 16.7. The van der Waals surface area contributed by atoms with Gasteiger partial charge in [0.15, 0.2) is 17.1 Å². The van der Waals surface area contributed by atoms with E-state index in [1.54, 1.807) is 30.5 Å². The van der Waals surface area contributed by atoms with Gasteiger partial charge in [-0.05, 0) is 30.3 Å². The zero-order valence-corrected chi connectivity index (χ0v) is 10.8. The highest BCUT2D eigenvalue weighted by Gasteiger charge is 2.17. The van der Waals surface area contributed by atoms with Crippen LogP contribution in [0.25, 0.3) is 11.0 Å². The Labute approximate surface area is 118 Å². The third kappa shape index (κ3) is 1.95. The molecule has 0 radical (unpaired) electrons. The van der Waals surface area contributed by atoms with Gasteiger partial charge in [-0.3, -0.25) is 9.89 Å². The molecule has 0 spiro atoms. The average molecular weight is 282 g/mol. The van der Waals surface area contributed by atoms with Crippen LogP contribution < -0.4 is 14.8 Å². The number of H-pyrrole nitrogens is 1. The molecule has 1 amide bonds. The molecule has 104 valence electrons. The summed E-state index contributed by atoms with van der Waals surface area (Å²) < 4.78 is 10.5. The van der Waals surface area contributed by atoms with Gasteiger partial charge < -0.3 is 14.8 Å². The predicted molar refractivity (Wildman–Crippen MR) is 74.4 cm³/mol. The Morgan fingerprint density at radius 1 is 1.24 bits per heavy atom. The number of aromatic nitrogens is 3. The summed E-state index contributed by atoms with van der Waals surface area (Å²) in [5, 5.41) is 10.3. The Kier molecular flexibility index (Phi) is 2.50. The summed E-state index contributed by atoms with van der Waals surface area (Å²) in [5.74, 6) is 1.46. The van der Waals surface area contributed by atoms with Gasteiger partial charge in [-0.25, -0.2) is 4.98 Å². The number of ether oxygens (including phenoxy) is 2. The number of aromatic amines is 1. The lowest BCUT2D eigenvalue weighted by Gasteiger charge is -2.04. The van der Waals surface area contributed by atoms with Crippen molar-refractivity contribution in [1.82, 2.24) is 15.2 Å². The molecule has 4 rings (SSSR count). The number of fused-ring (bicyclic) bond motifs is 2. The molecule has 0 saturated heterocycles. The number of hydrogen-bond donors (Lipinski definition) is 2. The molecule has 0 saturated carbocycles. The normalized spacial score (nSPS) is 12.6. The number of benzene rings is 1. The van der Waals surface area contributed by atoms with E-state index in [-0.39, 0.29) is 12.7 Å². The van der Waals surface area contributed by atoms with Gasteiger partial charge in [0.2, 0.25) is 6.79 Å². The number of pyridine rings is 1. The molecule has 2 N–H and O–H groups in total. The summed E-state index contributed by atoms with van der Waals surface area (Å²) in [6.07, 6.45) is 1.65. The highest BCUT2D eigenvalue weighted by Crippen LogP contribution is 2.32. The minimum atomic E-state index is -0.261. The van der Waals surface area contributed by atoms with Crippen LogP contribution in [0.15, 0.2) is 36.5 Å². The summed E-state index contributed by atoms with van der Waals surface area (Å²) in [6.45, 7) is 0.178. The maximum absolute atomic E-state index is 12.3. The molecule has 0 fully saturated rings. The zero-order chi connectivity index (χ0) is 14.2. The van der Waals surface area contributed by atoms with Crippen LogP contribution in [0.5, 0.6) is 11.5 Å². The second-order valence-corrected chi connectivity index (χ2v) is 4.50. The van der Waals surface area contributed by atoms with Crippen molar-refractivity contribution in [2.24, 2.45) is 0 Å². The van der Waals surface area contributed by atoms with E-state index in [0.29, 0.717) is 28.5 Å². The average Bonchev–Trinajstić information content (AvgIpc) is 3.13. The molecule has 7 nitrogen and oxygen atoms in total. The van der Waals surface area contributed by atoms with Gasteiger partial charge in [0, 0.05) is 11.8 Å². The maximum atomic E-state index is 12.3. The Balaban J connectivity index is 1.63. The summed E-state index contributed by atoms with van der Waals surface area (Å²) in [5.41, 5.74) is 1.03. The monoisotopic (exact) mass is 282 g/mol. The molecule has 1 aromatic carbocycles. The van der Waals surface area contributed by atoms with Gasteiger partial charge in [-0.2, -0.15) is 5.10 Å². The van der Waals surface area contributed by atoms with Crippen molar-refractivity contribution in [3.63, 3.8) is 0 Å². The van der Waals surface area contributed by atoms with Crippen LogP contribution in [0.3, 0.4) is 0 Å². The highest BCUT2D eigenvalue weighted by molar-refractivity contribution is 6.07. The van der Waals surface area contributed by atoms with Gasteiger partial charge in [-0.15, -0.1) is 0 Å². The summed E-state index contributed by atoms with van der Waals surface area (Å²) in [6, 6.07) is 8.66. The first kappa shape index (κ1) is 11.7. The van der Waals surface area contributed by atoms with Gasteiger partial charge in [-0.1, -0.05) is 0 Å². The van der Waals surface area contributed by atoms with E-state index in [0.717, 1.165) is 5.39 Å². The van der Waals surface area contributed by atoms with Crippen LogP contribution in [-0.4, -0.2) is 27.9 Å². The quantitative estimate of drug-likeness (QED) is 0.749. The van der Waals surface area contributed by atoms with Crippen LogP contribution in [-0.2, 0) is 0 Å². The fourth-order valence-electron chi connectivity index (χ4n) is 2.17. The lowest BCUT2D eigenvalue weighted by Crippen LogP contribution is -2.12. The third-order valence-electron chi connectivity index (χ3n) is 3.20. The molecule has 1 aliphatic heterocycles. The number of nitrogens with one attached hydrogen (secondary N) is 2. The first-order chi connectivity index (χ1) is 10.3. The molecule has 0 unspecified atom stereocenters. The summed E-state index contributed by atoms with van der Waals surface area (Å²) in [7, 11) is 0. The zero-order valence-electron chi connectivity index (χ0n) is 10.8. The number of nitrogens with zero attached hydrogens (tertiary/aromatic N) is 2. The van der Waals surface area contributed by atoms with Crippen LogP contribution >= 0.6 is 0 Å².